The maximum absolute atomic E-state index is 11.2. The van der Waals surface area contributed by atoms with Crippen molar-refractivity contribution in [1.82, 2.24) is 4.90 Å². The van der Waals surface area contributed by atoms with Gasteiger partial charge in [0.15, 0.2) is 0 Å². The molecule has 1 N–H and O–H groups in total. The van der Waals surface area contributed by atoms with Crippen LogP contribution < -0.4 is 0 Å². The average Bonchev–Trinajstić information content (AvgIpc) is 2.69. The average molecular weight is 247 g/mol. The van der Waals surface area contributed by atoms with E-state index in [1.807, 2.05) is 12.1 Å². The highest BCUT2D eigenvalue weighted by Gasteiger charge is 2.33. The molecule has 0 aliphatic carbocycles. The zero-order valence-electron chi connectivity index (χ0n) is 10.2. The van der Waals surface area contributed by atoms with Crippen LogP contribution in [0.4, 0.5) is 0 Å². The number of fused-ring (bicyclic) bond motifs is 2. The van der Waals surface area contributed by atoms with Gasteiger partial charge in [-0.1, -0.05) is 18.2 Å². The Hall–Kier alpha value is -1.39. The number of nitrogens with zero attached hydrogens (tertiary/aromatic N) is 1. The molecule has 0 amide bonds. The topological polar surface area (TPSA) is 49.8 Å². The summed E-state index contributed by atoms with van der Waals surface area (Å²) < 4.78 is 5.78. The Morgan fingerprint density at radius 2 is 1.94 bits per heavy atom. The quantitative estimate of drug-likeness (QED) is 0.884. The highest BCUT2D eigenvalue weighted by molar-refractivity contribution is 5.89. The van der Waals surface area contributed by atoms with Crippen molar-refractivity contribution in [2.24, 2.45) is 0 Å². The third-order valence-corrected chi connectivity index (χ3v) is 3.76. The summed E-state index contributed by atoms with van der Waals surface area (Å²) in [5, 5.41) is 9.17. The minimum absolute atomic E-state index is 0.348. The first kappa shape index (κ1) is 11.7. The minimum Gasteiger partial charge on any atom is -0.478 e. The Bertz CT molecular complexity index is 448. The first-order valence-electron chi connectivity index (χ1n) is 6.41. The van der Waals surface area contributed by atoms with Gasteiger partial charge in [0.25, 0.3) is 0 Å². The predicted molar refractivity (Wildman–Crippen MR) is 66.6 cm³/mol. The van der Waals surface area contributed by atoms with Crippen LogP contribution >= 0.6 is 0 Å². The second-order valence-electron chi connectivity index (χ2n) is 5.11. The molecule has 18 heavy (non-hydrogen) atoms. The van der Waals surface area contributed by atoms with Crippen LogP contribution in [-0.4, -0.2) is 41.3 Å². The Morgan fingerprint density at radius 1 is 1.28 bits per heavy atom. The number of hydrogen-bond acceptors (Lipinski definition) is 3. The fourth-order valence-corrected chi connectivity index (χ4v) is 2.94. The Kier molecular flexibility index (Phi) is 3.06. The van der Waals surface area contributed by atoms with E-state index >= 15 is 0 Å². The van der Waals surface area contributed by atoms with E-state index in [0.717, 1.165) is 31.5 Å². The lowest BCUT2D eigenvalue weighted by Crippen LogP contribution is -2.42. The molecule has 2 bridgehead atoms. The first-order valence-corrected chi connectivity index (χ1v) is 6.41. The van der Waals surface area contributed by atoms with Gasteiger partial charge in [-0.3, -0.25) is 4.90 Å². The van der Waals surface area contributed by atoms with Gasteiger partial charge in [-0.15, -0.1) is 0 Å². The summed E-state index contributed by atoms with van der Waals surface area (Å²) in [4.78, 5) is 13.5. The van der Waals surface area contributed by atoms with E-state index in [0.29, 0.717) is 24.3 Å². The predicted octanol–water partition coefficient (Wildman–Crippen LogP) is 1.75. The van der Waals surface area contributed by atoms with E-state index in [1.54, 1.807) is 12.1 Å². The third-order valence-electron chi connectivity index (χ3n) is 3.76. The molecule has 2 aliphatic rings. The lowest BCUT2D eigenvalue weighted by atomic mass is 10.1. The number of carboxylic acid groups (broad SMARTS) is 1. The summed E-state index contributed by atoms with van der Waals surface area (Å²) in [5.41, 5.74) is 1.31. The fraction of sp³-hybridized carbons (Fsp3) is 0.500. The molecule has 3 rings (SSSR count). The molecule has 0 radical (unpaired) electrons. The second-order valence-corrected chi connectivity index (χ2v) is 5.11. The summed E-state index contributed by atoms with van der Waals surface area (Å²) >= 11 is 0. The van der Waals surface area contributed by atoms with Gasteiger partial charge < -0.3 is 9.84 Å². The zero-order chi connectivity index (χ0) is 12.5. The number of rotatable bonds is 3. The standard InChI is InChI=1S/C14H17NO3/c16-14(17)13-4-2-1-3-10(13)7-15-8-11-5-6-12(9-15)18-11/h1-4,11-12H,5-9H2,(H,16,17). The van der Waals surface area contributed by atoms with Crippen LogP contribution in [0.25, 0.3) is 0 Å². The second kappa shape index (κ2) is 4.71. The number of benzene rings is 1. The van der Waals surface area contributed by atoms with Gasteiger partial charge in [-0.05, 0) is 24.5 Å². The number of carbonyl (C=O) groups is 1. The molecule has 4 heteroatoms. The summed E-state index contributed by atoms with van der Waals surface area (Å²) in [6.45, 7) is 2.55. The number of likely N-dealkylation sites (tertiary alicyclic amines) is 1. The number of hydrogen-bond donors (Lipinski definition) is 1. The summed E-state index contributed by atoms with van der Waals surface area (Å²) in [5.74, 6) is -0.846. The van der Waals surface area contributed by atoms with Crippen LogP contribution in [0.3, 0.4) is 0 Å². The Balaban J connectivity index is 1.75. The van der Waals surface area contributed by atoms with E-state index in [1.165, 1.54) is 0 Å². The monoisotopic (exact) mass is 247 g/mol. The van der Waals surface area contributed by atoms with Gasteiger partial charge in [0, 0.05) is 19.6 Å². The molecule has 96 valence electrons. The van der Waals surface area contributed by atoms with Crippen LogP contribution in [0.15, 0.2) is 24.3 Å². The molecule has 2 saturated heterocycles. The molecule has 0 spiro atoms. The molecular weight excluding hydrogens is 230 g/mol. The van der Waals surface area contributed by atoms with Crippen molar-refractivity contribution >= 4 is 5.97 Å². The molecule has 2 aliphatic heterocycles. The molecule has 2 fully saturated rings. The highest BCUT2D eigenvalue weighted by Crippen LogP contribution is 2.27. The van der Waals surface area contributed by atoms with Crippen molar-refractivity contribution in [3.63, 3.8) is 0 Å². The minimum atomic E-state index is -0.846. The van der Waals surface area contributed by atoms with E-state index in [-0.39, 0.29) is 0 Å². The number of ether oxygens (including phenoxy) is 1. The SMILES string of the molecule is O=C(O)c1ccccc1CN1CC2CCC(C1)O2. The van der Waals surface area contributed by atoms with Crippen molar-refractivity contribution in [3.05, 3.63) is 35.4 Å². The smallest absolute Gasteiger partial charge is 0.336 e. The van der Waals surface area contributed by atoms with E-state index < -0.39 is 5.97 Å². The maximum atomic E-state index is 11.2. The Morgan fingerprint density at radius 3 is 2.61 bits per heavy atom. The number of morpholine rings is 1. The van der Waals surface area contributed by atoms with Crippen molar-refractivity contribution in [2.75, 3.05) is 13.1 Å². The van der Waals surface area contributed by atoms with Crippen LogP contribution in [0.5, 0.6) is 0 Å². The highest BCUT2D eigenvalue weighted by atomic mass is 16.5. The van der Waals surface area contributed by atoms with Gasteiger partial charge in [-0.25, -0.2) is 4.79 Å². The van der Waals surface area contributed by atoms with Crippen molar-refractivity contribution in [1.29, 1.82) is 0 Å². The van der Waals surface area contributed by atoms with E-state index in [2.05, 4.69) is 4.90 Å². The summed E-state index contributed by atoms with van der Waals surface area (Å²) in [7, 11) is 0. The third kappa shape index (κ3) is 2.26. The normalized spacial score (nSPS) is 27.3. The van der Waals surface area contributed by atoms with Gasteiger partial charge in [0.05, 0.1) is 17.8 Å². The van der Waals surface area contributed by atoms with E-state index in [4.69, 9.17) is 9.84 Å². The number of carboxylic acids is 1. The van der Waals surface area contributed by atoms with Gasteiger partial charge in [0.2, 0.25) is 0 Å². The molecule has 1 aromatic carbocycles. The summed E-state index contributed by atoms with van der Waals surface area (Å²) in [6.07, 6.45) is 2.98. The molecule has 2 unspecified atom stereocenters. The van der Waals surface area contributed by atoms with Crippen molar-refractivity contribution < 1.29 is 14.6 Å². The molecule has 4 nitrogen and oxygen atoms in total. The lowest BCUT2D eigenvalue weighted by Gasteiger charge is -2.32. The van der Waals surface area contributed by atoms with Crippen LogP contribution in [-0.2, 0) is 11.3 Å². The largest absolute Gasteiger partial charge is 0.478 e. The maximum Gasteiger partial charge on any atom is 0.336 e. The first-order chi connectivity index (χ1) is 8.72. The molecule has 2 heterocycles. The lowest BCUT2D eigenvalue weighted by molar-refractivity contribution is -0.0411. The number of aromatic carboxylic acids is 1. The van der Waals surface area contributed by atoms with Gasteiger partial charge in [0.1, 0.15) is 0 Å². The summed E-state index contributed by atoms with van der Waals surface area (Å²) in [6, 6.07) is 7.25. The molecule has 0 saturated carbocycles. The van der Waals surface area contributed by atoms with E-state index in [9.17, 15) is 4.79 Å². The van der Waals surface area contributed by atoms with Gasteiger partial charge in [-0.2, -0.15) is 0 Å². The van der Waals surface area contributed by atoms with Crippen molar-refractivity contribution in [3.8, 4) is 0 Å². The van der Waals surface area contributed by atoms with Gasteiger partial charge >= 0.3 is 5.97 Å². The van der Waals surface area contributed by atoms with Crippen LogP contribution in [0.2, 0.25) is 0 Å². The van der Waals surface area contributed by atoms with Crippen LogP contribution in [0.1, 0.15) is 28.8 Å². The fourth-order valence-electron chi connectivity index (χ4n) is 2.94. The molecule has 0 aromatic heterocycles. The van der Waals surface area contributed by atoms with Crippen LogP contribution in [0, 0.1) is 0 Å². The Labute approximate surface area is 106 Å². The van der Waals surface area contributed by atoms with Crippen molar-refractivity contribution in [2.45, 2.75) is 31.6 Å². The molecule has 1 aromatic rings. The zero-order valence-corrected chi connectivity index (χ0v) is 10.2. The molecule has 2 atom stereocenters. The molecular formula is C14H17NO3.